The van der Waals surface area contributed by atoms with Gasteiger partial charge in [-0.25, -0.2) is 0 Å². The molecule has 0 radical (unpaired) electrons. The van der Waals surface area contributed by atoms with Gasteiger partial charge in [-0.1, -0.05) is 47.2 Å². The number of carbonyl (C=O) groups is 1. The second-order valence-electron chi connectivity index (χ2n) is 5.86. The van der Waals surface area contributed by atoms with Crippen molar-refractivity contribution in [2.24, 2.45) is 0 Å². The average Bonchev–Trinajstić information content (AvgIpc) is 2.71. The first kappa shape index (κ1) is 22.6. The van der Waals surface area contributed by atoms with Gasteiger partial charge in [0.25, 0.3) is 5.91 Å². The predicted molar refractivity (Wildman–Crippen MR) is 111 cm³/mol. The number of aliphatic hydroxyl groups excluding tert-OH is 1. The zero-order valence-electron chi connectivity index (χ0n) is 15.4. The summed E-state index contributed by atoms with van der Waals surface area (Å²) in [7, 11) is 1.36. The van der Waals surface area contributed by atoms with Crippen molar-refractivity contribution < 1.29 is 19.9 Å². The number of likely N-dealkylation sites (N-methyl/N-ethyl adjacent to an activating group) is 1. The van der Waals surface area contributed by atoms with Gasteiger partial charge in [0.2, 0.25) is 5.75 Å². The number of nitrogens with zero attached hydrogens (tertiary/aromatic N) is 3. The van der Waals surface area contributed by atoms with Crippen molar-refractivity contribution in [2.75, 3.05) is 13.6 Å². The lowest BCUT2D eigenvalue weighted by Gasteiger charge is -2.14. The van der Waals surface area contributed by atoms with Crippen LogP contribution in [0.3, 0.4) is 0 Å². The zero-order valence-corrected chi connectivity index (χ0v) is 16.9. The van der Waals surface area contributed by atoms with Crippen LogP contribution in [0.1, 0.15) is 11.1 Å². The molecule has 0 spiro atoms. The molecule has 0 saturated heterocycles. The molecule has 0 atom stereocenters. The first-order valence-electron chi connectivity index (χ1n) is 8.16. The molecule has 2 aromatic carbocycles. The second-order valence-corrected chi connectivity index (χ2v) is 6.68. The third kappa shape index (κ3) is 5.00. The normalized spacial score (nSPS) is 10.9. The summed E-state index contributed by atoms with van der Waals surface area (Å²) in [5, 5.41) is 40.4. The van der Waals surface area contributed by atoms with Gasteiger partial charge >= 0.3 is 5.69 Å². The fraction of sp³-hybridized carbons (Fsp3) is 0.100. The van der Waals surface area contributed by atoms with Crippen LogP contribution in [-0.2, 0) is 4.79 Å². The van der Waals surface area contributed by atoms with Gasteiger partial charge in [0.05, 0.1) is 21.5 Å². The number of aliphatic hydroxyl groups is 1. The number of carbonyl (C=O) groups excluding carboxylic acids is 1. The van der Waals surface area contributed by atoms with Crippen molar-refractivity contribution in [3.05, 3.63) is 73.3 Å². The third-order valence-corrected chi connectivity index (χ3v) is 4.45. The fourth-order valence-electron chi connectivity index (χ4n) is 2.29. The van der Waals surface area contributed by atoms with E-state index in [1.54, 1.807) is 30.3 Å². The van der Waals surface area contributed by atoms with Gasteiger partial charge in [0.1, 0.15) is 11.8 Å². The Bertz CT molecular complexity index is 1160. The van der Waals surface area contributed by atoms with Crippen LogP contribution in [0.5, 0.6) is 5.75 Å². The average molecular weight is 446 g/mol. The maximum absolute atomic E-state index is 12.5. The highest BCUT2D eigenvalue weighted by atomic mass is 35.5. The number of phenols is 1. The van der Waals surface area contributed by atoms with Crippen LogP contribution >= 0.6 is 23.2 Å². The molecule has 152 valence electrons. The number of phenolic OH excluding ortho intramolecular Hbond substituents is 1. The summed E-state index contributed by atoms with van der Waals surface area (Å²) in [5.41, 5.74) is -1.17. The highest BCUT2D eigenvalue weighted by Crippen LogP contribution is 2.36. The number of hydrogen-bond acceptors (Lipinski definition) is 6. The number of halogens is 2. The summed E-state index contributed by atoms with van der Waals surface area (Å²) >= 11 is 11.7. The SMILES string of the molecule is CN(CC#Cc1ccccc1Cl)C(=O)/C(C#N)=C(\O)c1cc(Cl)c(O)c([N+](=O)[O-])c1. The van der Waals surface area contributed by atoms with Crippen LogP contribution in [0, 0.1) is 33.3 Å². The van der Waals surface area contributed by atoms with E-state index in [-0.39, 0.29) is 12.1 Å². The number of aromatic hydroxyl groups is 1. The molecule has 10 heteroatoms. The molecule has 2 aromatic rings. The van der Waals surface area contributed by atoms with Crippen molar-refractivity contribution in [1.82, 2.24) is 4.90 Å². The van der Waals surface area contributed by atoms with E-state index in [0.29, 0.717) is 10.6 Å². The maximum atomic E-state index is 12.5. The lowest BCUT2D eigenvalue weighted by atomic mass is 10.1. The van der Waals surface area contributed by atoms with E-state index in [4.69, 9.17) is 23.2 Å². The Balaban J connectivity index is 2.33. The molecular weight excluding hydrogens is 433 g/mol. The van der Waals surface area contributed by atoms with Crippen molar-refractivity contribution in [2.45, 2.75) is 0 Å². The van der Waals surface area contributed by atoms with E-state index >= 15 is 0 Å². The summed E-state index contributed by atoms with van der Waals surface area (Å²) in [6, 6.07) is 10.2. The maximum Gasteiger partial charge on any atom is 0.313 e. The monoisotopic (exact) mass is 445 g/mol. The molecule has 0 unspecified atom stereocenters. The molecule has 0 aliphatic rings. The van der Waals surface area contributed by atoms with Gasteiger partial charge in [-0.3, -0.25) is 14.9 Å². The lowest BCUT2D eigenvalue weighted by Crippen LogP contribution is -2.28. The molecule has 2 N–H and O–H groups in total. The van der Waals surface area contributed by atoms with Crippen LogP contribution in [-0.4, -0.2) is 39.5 Å². The summed E-state index contributed by atoms with van der Waals surface area (Å²) in [6.45, 7) is -0.0843. The quantitative estimate of drug-likeness (QED) is 0.183. The van der Waals surface area contributed by atoms with Gasteiger partial charge in [-0.15, -0.1) is 0 Å². The van der Waals surface area contributed by atoms with Gasteiger partial charge < -0.3 is 15.1 Å². The Morgan fingerprint density at radius 1 is 1.27 bits per heavy atom. The van der Waals surface area contributed by atoms with E-state index in [1.165, 1.54) is 7.05 Å². The third-order valence-electron chi connectivity index (χ3n) is 3.84. The standard InChI is InChI=1S/C20H13Cl2N3O5/c1-24(8-4-6-12-5-2-3-7-15(12)21)20(28)14(11-23)18(26)13-9-16(22)19(27)17(10-13)25(29)30/h2-3,5,7,9-10,26-27H,8H2,1H3/b18-14-. The smallest absolute Gasteiger partial charge is 0.313 e. The second kappa shape index (κ2) is 9.66. The number of benzene rings is 2. The molecule has 0 aliphatic carbocycles. The van der Waals surface area contributed by atoms with E-state index in [0.717, 1.165) is 17.0 Å². The molecule has 0 saturated carbocycles. The number of nitro benzene ring substituents is 1. The summed E-state index contributed by atoms with van der Waals surface area (Å²) < 4.78 is 0. The van der Waals surface area contributed by atoms with Crippen LogP contribution in [0.2, 0.25) is 10.0 Å². The minimum absolute atomic E-state index is 0.0843. The molecule has 8 nitrogen and oxygen atoms in total. The lowest BCUT2D eigenvalue weighted by molar-refractivity contribution is -0.385. The molecule has 0 heterocycles. The minimum atomic E-state index is -0.914. The first-order chi connectivity index (χ1) is 14.2. The van der Waals surface area contributed by atoms with Gasteiger partial charge in [-0.05, 0) is 18.2 Å². The van der Waals surface area contributed by atoms with Crippen LogP contribution < -0.4 is 0 Å². The summed E-state index contributed by atoms with van der Waals surface area (Å²) in [4.78, 5) is 23.7. The van der Waals surface area contributed by atoms with Crippen molar-refractivity contribution >= 4 is 40.6 Å². The minimum Gasteiger partial charge on any atom is -0.506 e. The Morgan fingerprint density at radius 3 is 2.53 bits per heavy atom. The number of nitro groups is 1. The van der Waals surface area contributed by atoms with E-state index < -0.39 is 38.6 Å². The first-order valence-corrected chi connectivity index (χ1v) is 8.92. The van der Waals surface area contributed by atoms with E-state index in [1.807, 2.05) is 0 Å². The molecule has 0 fully saturated rings. The van der Waals surface area contributed by atoms with Crippen LogP contribution in [0.4, 0.5) is 5.69 Å². The summed E-state index contributed by atoms with van der Waals surface area (Å²) in [5.74, 6) is 3.05. The number of rotatable bonds is 4. The molecule has 2 rings (SSSR count). The fourth-order valence-corrected chi connectivity index (χ4v) is 2.68. The van der Waals surface area contributed by atoms with Crippen LogP contribution in [0.15, 0.2) is 42.0 Å². The van der Waals surface area contributed by atoms with E-state index in [9.17, 15) is 30.4 Å². The van der Waals surface area contributed by atoms with Crippen molar-refractivity contribution in [3.63, 3.8) is 0 Å². The molecule has 1 amide bonds. The number of hydrogen-bond donors (Lipinski definition) is 2. The Labute approximate surface area is 181 Å². The summed E-state index contributed by atoms with van der Waals surface area (Å²) in [6.07, 6.45) is 0. The Morgan fingerprint density at radius 2 is 1.93 bits per heavy atom. The van der Waals surface area contributed by atoms with Crippen molar-refractivity contribution in [1.29, 1.82) is 5.26 Å². The van der Waals surface area contributed by atoms with Crippen molar-refractivity contribution in [3.8, 4) is 23.7 Å². The number of nitriles is 1. The van der Waals surface area contributed by atoms with Gasteiger partial charge in [-0.2, -0.15) is 5.26 Å². The Kier molecular flexibility index (Phi) is 7.27. The van der Waals surface area contributed by atoms with E-state index in [2.05, 4.69) is 11.8 Å². The molecule has 0 bridgehead atoms. The number of amides is 1. The molecule has 0 aliphatic heterocycles. The molecule has 30 heavy (non-hydrogen) atoms. The highest BCUT2D eigenvalue weighted by molar-refractivity contribution is 6.32. The Hall–Kier alpha value is -3.72. The predicted octanol–water partition coefficient (Wildman–Crippen LogP) is 3.91. The zero-order chi connectivity index (χ0) is 22.4. The molecule has 0 aromatic heterocycles. The van der Waals surface area contributed by atoms with Crippen LogP contribution in [0.25, 0.3) is 5.76 Å². The van der Waals surface area contributed by atoms with Gasteiger partial charge in [0.15, 0.2) is 5.57 Å². The van der Waals surface area contributed by atoms with Gasteiger partial charge in [0, 0.05) is 24.2 Å². The molecular formula is C20H13Cl2N3O5. The highest BCUT2D eigenvalue weighted by Gasteiger charge is 2.24. The largest absolute Gasteiger partial charge is 0.506 e. The topological polar surface area (TPSA) is 128 Å².